The number of aromatic carboxylic acids is 1. The van der Waals surface area contributed by atoms with Crippen LogP contribution in [0.25, 0.3) is 10.9 Å². The van der Waals surface area contributed by atoms with Crippen LogP contribution in [-0.4, -0.2) is 26.2 Å². The second-order valence-corrected chi connectivity index (χ2v) is 6.30. The molecule has 1 atom stereocenters. The fraction of sp³-hybridized carbons (Fsp3) is 0.0455. The van der Waals surface area contributed by atoms with Crippen molar-refractivity contribution in [2.24, 2.45) is 0 Å². The molecule has 0 aliphatic heterocycles. The number of carbonyl (C=O) groups is 1. The van der Waals surface area contributed by atoms with Crippen molar-refractivity contribution < 1.29 is 15.0 Å². The van der Waals surface area contributed by atoms with Crippen molar-refractivity contribution in [3.05, 3.63) is 95.8 Å². The Balaban J connectivity index is 1.83. The standard InChI is InChI=1S/C22H17N3O3/c26-21-17(11-10-14-4-3-13-24-20(14)21)19(25-18-5-1-2-12-23-18)15-6-8-16(9-7-15)22(27)28/h1-13,19,26H,(H,23,25)(H,27,28)/t19-/m1/s1. The molecule has 0 radical (unpaired) electrons. The van der Waals surface area contributed by atoms with Gasteiger partial charge in [0.25, 0.3) is 0 Å². The van der Waals surface area contributed by atoms with Crippen molar-refractivity contribution >= 4 is 22.7 Å². The summed E-state index contributed by atoms with van der Waals surface area (Å²) < 4.78 is 0. The molecular weight excluding hydrogens is 354 g/mol. The molecule has 6 nitrogen and oxygen atoms in total. The lowest BCUT2D eigenvalue weighted by atomic mass is 9.95. The van der Waals surface area contributed by atoms with Crippen LogP contribution in [0.3, 0.4) is 0 Å². The summed E-state index contributed by atoms with van der Waals surface area (Å²) in [7, 11) is 0. The molecule has 3 N–H and O–H groups in total. The van der Waals surface area contributed by atoms with Crippen LogP contribution in [0, 0.1) is 0 Å². The van der Waals surface area contributed by atoms with Gasteiger partial charge in [-0.1, -0.05) is 36.4 Å². The molecule has 2 heterocycles. The van der Waals surface area contributed by atoms with Crippen LogP contribution in [0.15, 0.2) is 79.1 Å². The molecule has 0 saturated heterocycles. The highest BCUT2D eigenvalue weighted by Gasteiger charge is 2.20. The van der Waals surface area contributed by atoms with Gasteiger partial charge in [-0.3, -0.25) is 4.98 Å². The summed E-state index contributed by atoms with van der Waals surface area (Å²) in [5, 5.41) is 24.2. The van der Waals surface area contributed by atoms with E-state index in [9.17, 15) is 9.90 Å². The third-order valence-corrected chi connectivity index (χ3v) is 4.54. The molecule has 0 saturated carbocycles. The van der Waals surface area contributed by atoms with Crippen LogP contribution in [-0.2, 0) is 0 Å². The predicted molar refractivity (Wildman–Crippen MR) is 107 cm³/mol. The Kier molecular flexibility index (Phi) is 4.60. The highest BCUT2D eigenvalue weighted by Crippen LogP contribution is 2.36. The zero-order chi connectivity index (χ0) is 19.5. The Morgan fingerprint density at radius 2 is 1.68 bits per heavy atom. The molecule has 0 aliphatic carbocycles. The molecule has 4 rings (SSSR count). The van der Waals surface area contributed by atoms with Crippen LogP contribution < -0.4 is 5.32 Å². The van der Waals surface area contributed by atoms with E-state index < -0.39 is 12.0 Å². The van der Waals surface area contributed by atoms with E-state index in [1.165, 1.54) is 0 Å². The molecule has 2 aromatic carbocycles. The molecule has 6 heteroatoms. The van der Waals surface area contributed by atoms with Crippen LogP contribution in [0.2, 0.25) is 0 Å². The van der Waals surface area contributed by atoms with Crippen LogP contribution in [0.4, 0.5) is 5.82 Å². The predicted octanol–water partition coefficient (Wildman–Crippen LogP) is 4.24. The number of hydrogen-bond acceptors (Lipinski definition) is 5. The molecule has 4 aromatic rings. The third kappa shape index (κ3) is 3.35. The number of rotatable bonds is 5. The van der Waals surface area contributed by atoms with Gasteiger partial charge in [-0.25, -0.2) is 9.78 Å². The summed E-state index contributed by atoms with van der Waals surface area (Å²) in [6.07, 6.45) is 3.31. The summed E-state index contributed by atoms with van der Waals surface area (Å²) in [6, 6.07) is 19.0. The number of nitrogens with zero attached hydrogens (tertiary/aromatic N) is 2. The maximum atomic E-state index is 11.2. The van der Waals surface area contributed by atoms with Crippen molar-refractivity contribution in [2.75, 3.05) is 5.32 Å². The summed E-state index contributed by atoms with van der Waals surface area (Å²) in [5.41, 5.74) is 2.13. The summed E-state index contributed by atoms with van der Waals surface area (Å²) >= 11 is 0. The number of aromatic hydroxyl groups is 1. The fourth-order valence-corrected chi connectivity index (χ4v) is 3.13. The molecule has 2 aromatic heterocycles. The SMILES string of the molecule is O=C(O)c1ccc([C@@H](Nc2ccccn2)c2ccc3cccnc3c2O)cc1. The van der Waals surface area contributed by atoms with E-state index in [0.717, 1.165) is 10.9 Å². The molecule has 138 valence electrons. The van der Waals surface area contributed by atoms with Crippen molar-refractivity contribution in [1.82, 2.24) is 9.97 Å². The Morgan fingerprint density at radius 1 is 0.893 bits per heavy atom. The number of phenols is 1. The first kappa shape index (κ1) is 17.5. The van der Waals surface area contributed by atoms with Crippen LogP contribution in [0.1, 0.15) is 27.5 Å². The van der Waals surface area contributed by atoms with Gasteiger partial charge in [0, 0.05) is 23.3 Å². The third-order valence-electron chi connectivity index (χ3n) is 4.54. The summed E-state index contributed by atoms with van der Waals surface area (Å²) in [4.78, 5) is 19.8. The molecule has 0 amide bonds. The number of hydrogen-bond donors (Lipinski definition) is 3. The Morgan fingerprint density at radius 3 is 2.39 bits per heavy atom. The van der Waals surface area contributed by atoms with Gasteiger partial charge >= 0.3 is 5.97 Å². The van der Waals surface area contributed by atoms with Gasteiger partial charge < -0.3 is 15.5 Å². The first-order valence-corrected chi connectivity index (χ1v) is 8.71. The van der Waals surface area contributed by atoms with Crippen molar-refractivity contribution in [3.8, 4) is 5.75 Å². The summed E-state index contributed by atoms with van der Waals surface area (Å²) in [6.45, 7) is 0. The van der Waals surface area contributed by atoms with E-state index in [2.05, 4.69) is 15.3 Å². The monoisotopic (exact) mass is 371 g/mol. The highest BCUT2D eigenvalue weighted by molar-refractivity contribution is 5.88. The van der Waals surface area contributed by atoms with E-state index in [0.29, 0.717) is 16.9 Å². The minimum absolute atomic E-state index is 0.0776. The van der Waals surface area contributed by atoms with E-state index in [1.807, 2.05) is 42.5 Å². The average molecular weight is 371 g/mol. The van der Waals surface area contributed by atoms with Crippen molar-refractivity contribution in [3.63, 3.8) is 0 Å². The van der Waals surface area contributed by atoms with Crippen molar-refractivity contribution in [1.29, 1.82) is 0 Å². The molecule has 28 heavy (non-hydrogen) atoms. The Bertz CT molecular complexity index is 1130. The Labute approximate surface area is 161 Å². The highest BCUT2D eigenvalue weighted by atomic mass is 16.4. The number of aromatic nitrogens is 2. The zero-order valence-corrected chi connectivity index (χ0v) is 14.8. The number of carboxylic acid groups (broad SMARTS) is 1. The van der Waals surface area contributed by atoms with Gasteiger partial charge in [0.1, 0.15) is 17.1 Å². The van der Waals surface area contributed by atoms with Gasteiger partial charge in [0.05, 0.1) is 11.6 Å². The fourth-order valence-electron chi connectivity index (χ4n) is 3.13. The van der Waals surface area contributed by atoms with Crippen LogP contribution in [0.5, 0.6) is 5.75 Å². The number of benzene rings is 2. The quantitative estimate of drug-likeness (QED) is 0.486. The molecule has 0 fully saturated rings. The van der Waals surface area contributed by atoms with E-state index in [4.69, 9.17) is 5.11 Å². The maximum absolute atomic E-state index is 11.2. The topological polar surface area (TPSA) is 95.3 Å². The van der Waals surface area contributed by atoms with E-state index >= 15 is 0 Å². The van der Waals surface area contributed by atoms with E-state index in [-0.39, 0.29) is 11.3 Å². The lowest BCUT2D eigenvalue weighted by Gasteiger charge is -2.22. The number of fused-ring (bicyclic) bond motifs is 1. The van der Waals surface area contributed by atoms with Gasteiger partial charge in [0.2, 0.25) is 0 Å². The van der Waals surface area contributed by atoms with E-state index in [1.54, 1.807) is 36.7 Å². The smallest absolute Gasteiger partial charge is 0.335 e. The maximum Gasteiger partial charge on any atom is 0.335 e. The molecule has 0 aliphatic rings. The number of anilines is 1. The van der Waals surface area contributed by atoms with Gasteiger partial charge in [-0.2, -0.15) is 0 Å². The molecule has 0 spiro atoms. The zero-order valence-electron chi connectivity index (χ0n) is 14.8. The first-order chi connectivity index (χ1) is 13.6. The lowest BCUT2D eigenvalue weighted by Crippen LogP contribution is -2.14. The number of nitrogens with one attached hydrogen (secondary N) is 1. The molecular formula is C22H17N3O3. The lowest BCUT2D eigenvalue weighted by molar-refractivity contribution is 0.0697. The first-order valence-electron chi connectivity index (χ1n) is 8.71. The van der Waals surface area contributed by atoms with Crippen molar-refractivity contribution in [2.45, 2.75) is 6.04 Å². The average Bonchev–Trinajstić information content (AvgIpc) is 2.74. The van der Waals surface area contributed by atoms with Gasteiger partial charge in [0.15, 0.2) is 0 Å². The van der Waals surface area contributed by atoms with Gasteiger partial charge in [-0.05, 0) is 35.9 Å². The largest absolute Gasteiger partial charge is 0.505 e. The summed E-state index contributed by atoms with van der Waals surface area (Å²) in [5.74, 6) is -0.275. The molecule has 0 unspecified atom stereocenters. The minimum Gasteiger partial charge on any atom is -0.505 e. The van der Waals surface area contributed by atoms with Gasteiger partial charge in [-0.15, -0.1) is 0 Å². The Hall–Kier alpha value is -3.93. The minimum atomic E-state index is -0.987. The normalized spacial score (nSPS) is 11.9. The number of pyridine rings is 2. The van der Waals surface area contributed by atoms with Crippen LogP contribution >= 0.6 is 0 Å². The number of phenolic OH excluding ortho intramolecular Hbond substituents is 1. The second kappa shape index (κ2) is 7.36. The number of carboxylic acids is 1. The second-order valence-electron chi connectivity index (χ2n) is 6.30. The molecule has 0 bridgehead atoms.